The topological polar surface area (TPSA) is 62.8 Å². The summed E-state index contributed by atoms with van der Waals surface area (Å²) in [6.45, 7) is 8.07. The summed E-state index contributed by atoms with van der Waals surface area (Å²) in [5, 5.41) is 10.9. The average Bonchev–Trinajstić information content (AvgIpc) is 2.98. The zero-order valence-electron chi connectivity index (χ0n) is 12.1. The van der Waals surface area contributed by atoms with E-state index in [4.69, 9.17) is 4.74 Å². The van der Waals surface area contributed by atoms with E-state index in [9.17, 15) is 0 Å². The second-order valence-corrected chi connectivity index (χ2v) is 5.79. The molecule has 0 atom stereocenters. The summed E-state index contributed by atoms with van der Waals surface area (Å²) < 4.78 is 5.63. The van der Waals surface area contributed by atoms with E-state index < -0.39 is 0 Å². The Kier molecular flexibility index (Phi) is 6.30. The molecule has 0 saturated carbocycles. The number of hydrogen-bond donors (Lipinski definition) is 2. The maximum absolute atomic E-state index is 5.63. The largest absolute Gasteiger partial charge is 0.489 e. The molecule has 2 aromatic rings. The van der Waals surface area contributed by atoms with Crippen LogP contribution in [0.2, 0.25) is 0 Å². The lowest BCUT2D eigenvalue weighted by molar-refractivity contribution is 0.352. The minimum absolute atomic E-state index is 0.560. The van der Waals surface area contributed by atoms with Crippen LogP contribution < -0.4 is 10.1 Å². The Morgan fingerprint density at radius 1 is 1.48 bits per heavy atom. The zero-order chi connectivity index (χ0) is 14.9. The number of benzene rings is 1. The minimum Gasteiger partial charge on any atom is -0.489 e. The van der Waals surface area contributed by atoms with Gasteiger partial charge in [-0.15, -0.1) is 0 Å². The summed E-state index contributed by atoms with van der Waals surface area (Å²) in [6, 6.07) is 8.12. The molecule has 0 unspecified atom stereocenters. The van der Waals surface area contributed by atoms with Crippen molar-refractivity contribution in [3.63, 3.8) is 0 Å². The van der Waals surface area contributed by atoms with Gasteiger partial charge >= 0.3 is 0 Å². The second-order valence-electron chi connectivity index (χ2n) is 4.71. The number of aromatic nitrogens is 3. The molecule has 1 heterocycles. The summed E-state index contributed by atoms with van der Waals surface area (Å²) >= 11 is 1.65. The summed E-state index contributed by atoms with van der Waals surface area (Å²) in [7, 11) is 0. The Balaban J connectivity index is 1.67. The van der Waals surface area contributed by atoms with Gasteiger partial charge in [0.15, 0.2) is 5.16 Å². The molecule has 6 heteroatoms. The maximum atomic E-state index is 5.63. The van der Waals surface area contributed by atoms with Gasteiger partial charge in [-0.1, -0.05) is 30.5 Å². The molecule has 1 aromatic carbocycles. The van der Waals surface area contributed by atoms with E-state index in [0.29, 0.717) is 6.61 Å². The molecule has 0 saturated heterocycles. The smallest absolute Gasteiger partial charge is 0.183 e. The first-order valence-corrected chi connectivity index (χ1v) is 7.77. The van der Waals surface area contributed by atoms with Crippen molar-refractivity contribution < 1.29 is 4.74 Å². The normalized spacial score (nSPS) is 10.5. The van der Waals surface area contributed by atoms with Crippen molar-refractivity contribution in [1.29, 1.82) is 0 Å². The Hall–Kier alpha value is -1.79. The molecule has 21 heavy (non-hydrogen) atoms. The molecule has 5 nitrogen and oxygen atoms in total. The molecule has 0 radical (unpaired) electrons. The van der Waals surface area contributed by atoms with E-state index in [1.54, 1.807) is 11.8 Å². The number of H-pyrrole nitrogens is 1. The molecule has 0 fully saturated rings. The fraction of sp³-hybridized carbons (Fsp3) is 0.333. The van der Waals surface area contributed by atoms with Gasteiger partial charge in [0.1, 0.15) is 18.7 Å². The number of nitrogens with zero attached hydrogens (tertiary/aromatic N) is 2. The first kappa shape index (κ1) is 15.6. The van der Waals surface area contributed by atoms with Gasteiger partial charge in [-0.25, -0.2) is 4.98 Å². The number of thioether (sulfide) groups is 1. The van der Waals surface area contributed by atoms with Crippen molar-refractivity contribution in [1.82, 2.24) is 20.5 Å². The molecule has 0 spiro atoms. The highest BCUT2D eigenvalue weighted by atomic mass is 32.2. The van der Waals surface area contributed by atoms with Crippen LogP contribution in [0.25, 0.3) is 0 Å². The van der Waals surface area contributed by atoms with Gasteiger partial charge in [-0.3, -0.25) is 5.10 Å². The van der Waals surface area contributed by atoms with Crippen molar-refractivity contribution in [2.24, 2.45) is 0 Å². The van der Waals surface area contributed by atoms with Gasteiger partial charge in [-0.05, 0) is 30.2 Å². The van der Waals surface area contributed by atoms with Crippen molar-refractivity contribution in [2.45, 2.75) is 18.6 Å². The van der Waals surface area contributed by atoms with Crippen LogP contribution in [-0.4, -0.2) is 34.1 Å². The van der Waals surface area contributed by atoms with Gasteiger partial charge in [0, 0.05) is 18.8 Å². The second kappa shape index (κ2) is 8.49. The van der Waals surface area contributed by atoms with Crippen LogP contribution in [0.4, 0.5) is 0 Å². The van der Waals surface area contributed by atoms with E-state index in [-0.39, 0.29) is 0 Å². The SMILES string of the molecule is C=C(C)COc1cccc(CNCCSc2ncn[nH]2)c1. The van der Waals surface area contributed by atoms with E-state index in [1.165, 1.54) is 11.9 Å². The zero-order valence-corrected chi connectivity index (χ0v) is 12.9. The third-order valence-electron chi connectivity index (χ3n) is 2.62. The third-order valence-corrected chi connectivity index (χ3v) is 3.50. The number of hydrogen-bond acceptors (Lipinski definition) is 5. The van der Waals surface area contributed by atoms with E-state index in [2.05, 4.69) is 39.2 Å². The summed E-state index contributed by atoms with van der Waals surface area (Å²) in [6.07, 6.45) is 1.52. The van der Waals surface area contributed by atoms with Gasteiger partial charge in [0.2, 0.25) is 0 Å². The van der Waals surface area contributed by atoms with Crippen LogP contribution in [-0.2, 0) is 6.54 Å². The molecule has 0 amide bonds. The first-order valence-electron chi connectivity index (χ1n) is 6.79. The maximum Gasteiger partial charge on any atom is 0.183 e. The predicted molar refractivity (Wildman–Crippen MR) is 85.6 cm³/mol. The summed E-state index contributed by atoms with van der Waals surface area (Å²) in [5.41, 5.74) is 2.22. The summed E-state index contributed by atoms with van der Waals surface area (Å²) in [5.74, 6) is 1.83. The van der Waals surface area contributed by atoms with Gasteiger partial charge < -0.3 is 10.1 Å². The highest BCUT2D eigenvalue weighted by molar-refractivity contribution is 7.99. The molecule has 0 bridgehead atoms. The van der Waals surface area contributed by atoms with Crippen LogP contribution in [0, 0.1) is 0 Å². The predicted octanol–water partition coefficient (Wildman–Crippen LogP) is 2.64. The van der Waals surface area contributed by atoms with Crippen LogP contribution in [0.15, 0.2) is 47.9 Å². The van der Waals surface area contributed by atoms with Crippen molar-refractivity contribution in [2.75, 3.05) is 18.9 Å². The number of aromatic amines is 1. The molecule has 1 aromatic heterocycles. The Morgan fingerprint density at radius 3 is 3.14 bits per heavy atom. The molecular formula is C15H20N4OS. The molecule has 0 aliphatic rings. The van der Waals surface area contributed by atoms with Crippen molar-refractivity contribution in [3.8, 4) is 5.75 Å². The van der Waals surface area contributed by atoms with Gasteiger partial charge in [-0.2, -0.15) is 5.10 Å². The molecule has 2 rings (SSSR count). The number of rotatable bonds is 9. The Bertz CT molecular complexity index is 557. The minimum atomic E-state index is 0.560. The van der Waals surface area contributed by atoms with Crippen molar-refractivity contribution in [3.05, 3.63) is 48.3 Å². The Labute approximate surface area is 129 Å². The third kappa shape index (κ3) is 6.01. The quantitative estimate of drug-likeness (QED) is 0.424. The van der Waals surface area contributed by atoms with Crippen LogP contribution in [0.3, 0.4) is 0 Å². The van der Waals surface area contributed by atoms with Crippen LogP contribution >= 0.6 is 11.8 Å². The highest BCUT2D eigenvalue weighted by Gasteiger charge is 1.99. The number of ether oxygens (including phenoxy) is 1. The van der Waals surface area contributed by atoms with Crippen LogP contribution in [0.1, 0.15) is 12.5 Å². The van der Waals surface area contributed by atoms with E-state index in [1.807, 2.05) is 19.1 Å². The summed E-state index contributed by atoms with van der Waals surface area (Å²) in [4.78, 5) is 4.06. The van der Waals surface area contributed by atoms with Gasteiger partial charge in [0.05, 0.1) is 0 Å². The lowest BCUT2D eigenvalue weighted by Gasteiger charge is -2.08. The molecular weight excluding hydrogens is 284 g/mol. The van der Waals surface area contributed by atoms with E-state index >= 15 is 0 Å². The number of nitrogens with one attached hydrogen (secondary N) is 2. The first-order chi connectivity index (χ1) is 10.2. The standard InChI is InChI=1S/C15H20N4OS/c1-12(2)10-20-14-5-3-4-13(8-14)9-16-6-7-21-15-17-11-18-19-15/h3-5,8,11,16H,1,6-7,9-10H2,2H3,(H,17,18,19). The molecule has 0 aliphatic carbocycles. The van der Waals surface area contributed by atoms with Crippen LogP contribution in [0.5, 0.6) is 5.75 Å². The average molecular weight is 304 g/mol. The molecule has 2 N–H and O–H groups in total. The lowest BCUT2D eigenvalue weighted by atomic mass is 10.2. The molecule has 112 valence electrons. The Morgan fingerprint density at radius 2 is 2.38 bits per heavy atom. The monoisotopic (exact) mass is 304 g/mol. The fourth-order valence-electron chi connectivity index (χ4n) is 1.67. The lowest BCUT2D eigenvalue weighted by Crippen LogP contribution is -2.16. The van der Waals surface area contributed by atoms with Gasteiger partial charge in [0.25, 0.3) is 0 Å². The van der Waals surface area contributed by atoms with E-state index in [0.717, 1.165) is 35.3 Å². The fourth-order valence-corrected chi connectivity index (χ4v) is 2.35. The van der Waals surface area contributed by atoms with Crippen molar-refractivity contribution >= 4 is 11.8 Å². The molecule has 0 aliphatic heterocycles. The highest BCUT2D eigenvalue weighted by Crippen LogP contribution is 2.14.